The zero-order valence-electron chi connectivity index (χ0n) is 20.7. The second-order valence-corrected chi connectivity index (χ2v) is 8.62. The molecule has 32 heavy (non-hydrogen) atoms. The number of carbonyl (C=O) groups is 1. The van der Waals surface area contributed by atoms with Crippen molar-refractivity contribution < 1.29 is 4.79 Å². The third-order valence-electron chi connectivity index (χ3n) is 4.96. The van der Waals surface area contributed by atoms with E-state index in [-0.39, 0.29) is 0 Å². The third-order valence-corrected chi connectivity index (χ3v) is 6.07. The van der Waals surface area contributed by atoms with Gasteiger partial charge in [-0.25, -0.2) is 0 Å². The average molecular weight is 460 g/mol. The molecule has 0 saturated carbocycles. The number of rotatable bonds is 10. The van der Waals surface area contributed by atoms with Crippen molar-refractivity contribution in [3.8, 4) is 0 Å². The van der Waals surface area contributed by atoms with E-state index < -0.39 is 0 Å². The molecule has 1 aliphatic rings. The average Bonchev–Trinajstić information content (AvgIpc) is 3.26. The summed E-state index contributed by atoms with van der Waals surface area (Å²) in [5.41, 5.74) is 4.02. The number of hydrogen-bond donors (Lipinski definition) is 1. The Labute approximate surface area is 199 Å². The highest BCUT2D eigenvalue weighted by atomic mass is 32.2. The number of aryl methyl sites for hydroxylation is 1. The topological polar surface area (TPSA) is 70.0 Å². The molecule has 0 aliphatic carbocycles. The molecule has 1 fully saturated rings. The van der Waals surface area contributed by atoms with Crippen molar-refractivity contribution in [2.24, 2.45) is 9.98 Å². The molecule has 7 heteroatoms. The van der Waals surface area contributed by atoms with E-state index in [0.29, 0.717) is 18.4 Å². The van der Waals surface area contributed by atoms with Crippen LogP contribution in [0.1, 0.15) is 71.1 Å². The Bertz CT molecular complexity index is 776. The van der Waals surface area contributed by atoms with Crippen molar-refractivity contribution in [2.75, 3.05) is 25.9 Å². The molecule has 0 radical (unpaired) electrons. The number of pyridine rings is 1. The van der Waals surface area contributed by atoms with Gasteiger partial charge in [0.05, 0.1) is 11.4 Å². The molecule has 1 atom stereocenters. The van der Waals surface area contributed by atoms with Crippen LogP contribution in [0, 0.1) is 6.92 Å². The molecule has 0 bridgehead atoms. The van der Waals surface area contributed by atoms with E-state index >= 15 is 0 Å². The lowest BCUT2D eigenvalue weighted by atomic mass is 10.0. The molecular weight excluding hydrogens is 418 g/mol. The van der Waals surface area contributed by atoms with E-state index in [1.54, 1.807) is 19.0 Å². The fourth-order valence-electron chi connectivity index (χ4n) is 3.31. The number of aliphatic imine (C=N–C) groups is 2. The Hall–Kier alpha value is -1.99. The highest BCUT2D eigenvalue weighted by molar-refractivity contribution is 7.97. The van der Waals surface area contributed by atoms with Gasteiger partial charge in [0.15, 0.2) is 0 Å². The Balaban J connectivity index is 0.000000323. The molecule has 1 aliphatic heterocycles. The SMILES string of the molecule is C/C=C(\C=NC)c1ccnc(C)c1N=CCC.CCCSNC1CCN(C(=O)CCC)C1. The first-order valence-electron chi connectivity index (χ1n) is 11.7. The van der Waals surface area contributed by atoms with Gasteiger partial charge in [0, 0.05) is 62.5 Å². The number of likely N-dealkylation sites (tertiary alicyclic amines) is 1. The summed E-state index contributed by atoms with van der Waals surface area (Å²) < 4.78 is 3.43. The number of nitrogens with zero attached hydrogens (tertiary/aromatic N) is 4. The molecule has 2 rings (SSSR count). The molecule has 1 amide bonds. The zero-order chi connectivity index (χ0) is 23.8. The number of hydrogen-bond acceptors (Lipinski definition) is 6. The predicted molar refractivity (Wildman–Crippen MR) is 141 cm³/mol. The van der Waals surface area contributed by atoms with Crippen LogP contribution in [0.5, 0.6) is 0 Å². The summed E-state index contributed by atoms with van der Waals surface area (Å²) >= 11 is 1.79. The van der Waals surface area contributed by atoms with Crippen LogP contribution >= 0.6 is 11.9 Å². The van der Waals surface area contributed by atoms with Crippen molar-refractivity contribution in [1.29, 1.82) is 0 Å². The van der Waals surface area contributed by atoms with Crippen LogP contribution < -0.4 is 4.72 Å². The highest BCUT2D eigenvalue weighted by Crippen LogP contribution is 2.27. The quantitative estimate of drug-likeness (QED) is 0.279. The summed E-state index contributed by atoms with van der Waals surface area (Å²) in [6, 6.07) is 2.48. The number of aromatic nitrogens is 1. The van der Waals surface area contributed by atoms with Gasteiger partial charge in [0.25, 0.3) is 0 Å². The van der Waals surface area contributed by atoms with Gasteiger partial charge in [-0.05, 0) is 51.2 Å². The van der Waals surface area contributed by atoms with E-state index in [0.717, 1.165) is 60.6 Å². The lowest BCUT2D eigenvalue weighted by Gasteiger charge is -2.16. The Kier molecular flexibility index (Phi) is 14.6. The summed E-state index contributed by atoms with van der Waals surface area (Å²) in [6.45, 7) is 12.1. The van der Waals surface area contributed by atoms with Gasteiger partial charge in [-0.1, -0.05) is 38.8 Å². The first-order chi connectivity index (χ1) is 15.5. The van der Waals surface area contributed by atoms with Crippen LogP contribution in [0.4, 0.5) is 5.69 Å². The molecular formula is C25H41N5OS. The maximum atomic E-state index is 11.6. The molecule has 178 valence electrons. The third kappa shape index (κ3) is 9.65. The number of amides is 1. The summed E-state index contributed by atoms with van der Waals surface area (Å²) in [5, 5.41) is 0. The van der Waals surface area contributed by atoms with Crippen LogP contribution in [-0.4, -0.2) is 60.2 Å². The smallest absolute Gasteiger partial charge is 0.222 e. The van der Waals surface area contributed by atoms with Gasteiger partial charge in [-0.3, -0.25) is 24.5 Å². The Morgan fingerprint density at radius 2 is 2.12 bits per heavy atom. The minimum Gasteiger partial charge on any atom is -0.341 e. The van der Waals surface area contributed by atoms with Crippen LogP contribution in [0.3, 0.4) is 0 Å². The van der Waals surface area contributed by atoms with E-state index in [1.807, 2.05) is 49.5 Å². The van der Waals surface area contributed by atoms with Gasteiger partial charge >= 0.3 is 0 Å². The molecule has 2 heterocycles. The fourth-order valence-corrected chi connectivity index (χ4v) is 4.06. The summed E-state index contributed by atoms with van der Waals surface area (Å²) in [7, 11) is 1.77. The van der Waals surface area contributed by atoms with Crippen molar-refractivity contribution in [1.82, 2.24) is 14.6 Å². The number of allylic oxidation sites excluding steroid dienone is 2. The molecule has 1 unspecified atom stereocenters. The minimum absolute atomic E-state index is 0.322. The predicted octanol–water partition coefficient (Wildman–Crippen LogP) is 5.64. The van der Waals surface area contributed by atoms with Crippen LogP contribution in [0.2, 0.25) is 0 Å². The van der Waals surface area contributed by atoms with Crippen LogP contribution in [0.25, 0.3) is 5.57 Å². The van der Waals surface area contributed by atoms with Gasteiger partial charge in [-0.15, -0.1) is 0 Å². The fraction of sp³-hybridized carbons (Fsp3) is 0.600. The van der Waals surface area contributed by atoms with E-state index in [9.17, 15) is 4.79 Å². The molecule has 6 nitrogen and oxygen atoms in total. The highest BCUT2D eigenvalue weighted by Gasteiger charge is 2.25. The van der Waals surface area contributed by atoms with Crippen LogP contribution in [0.15, 0.2) is 28.3 Å². The lowest BCUT2D eigenvalue weighted by Crippen LogP contribution is -2.32. The Morgan fingerprint density at radius 3 is 2.75 bits per heavy atom. The van der Waals surface area contributed by atoms with Crippen molar-refractivity contribution >= 4 is 41.5 Å². The van der Waals surface area contributed by atoms with E-state index in [2.05, 4.69) is 40.5 Å². The second-order valence-electron chi connectivity index (χ2n) is 7.69. The minimum atomic E-state index is 0.322. The monoisotopic (exact) mass is 459 g/mol. The molecule has 1 aromatic heterocycles. The van der Waals surface area contributed by atoms with E-state index in [1.165, 1.54) is 6.42 Å². The van der Waals surface area contributed by atoms with E-state index in [4.69, 9.17) is 0 Å². The molecule has 0 aromatic carbocycles. The molecule has 1 saturated heterocycles. The second kappa shape index (κ2) is 16.6. The molecule has 1 N–H and O–H groups in total. The number of nitrogens with one attached hydrogen (secondary N) is 1. The largest absolute Gasteiger partial charge is 0.341 e. The molecule has 1 aromatic rings. The first kappa shape index (κ1) is 28.0. The van der Waals surface area contributed by atoms with Gasteiger partial charge < -0.3 is 4.90 Å². The Morgan fingerprint density at radius 1 is 1.34 bits per heavy atom. The van der Waals surface area contributed by atoms with Crippen molar-refractivity contribution in [3.63, 3.8) is 0 Å². The normalized spacial score (nSPS) is 16.6. The summed E-state index contributed by atoms with van der Waals surface area (Å²) in [4.78, 5) is 26.4. The zero-order valence-corrected chi connectivity index (χ0v) is 21.5. The number of carbonyl (C=O) groups excluding carboxylic acids is 1. The first-order valence-corrected chi connectivity index (χ1v) is 12.7. The van der Waals surface area contributed by atoms with Gasteiger partial charge in [0.2, 0.25) is 5.91 Å². The van der Waals surface area contributed by atoms with Crippen molar-refractivity contribution in [2.45, 2.75) is 72.8 Å². The lowest BCUT2D eigenvalue weighted by molar-refractivity contribution is -0.130. The standard InChI is InChI=1S/C14H19N3.C11H22N2OS/c1-5-8-17-14-11(3)16-9-7-13(14)12(6-2)10-15-4;1-3-5-11(14)13-7-6-10(9-13)12-15-8-4-2/h6-10H,5H2,1-4H3;10,12H,3-9H2,1-2H3/b12-6+,15-10?,17-8?;. The maximum Gasteiger partial charge on any atom is 0.222 e. The molecule has 0 spiro atoms. The summed E-state index contributed by atoms with van der Waals surface area (Å²) in [5.74, 6) is 1.47. The van der Waals surface area contributed by atoms with Gasteiger partial charge in [-0.2, -0.15) is 0 Å². The summed E-state index contributed by atoms with van der Waals surface area (Å²) in [6.07, 6.45) is 12.5. The maximum absolute atomic E-state index is 11.6. The van der Waals surface area contributed by atoms with Crippen LogP contribution in [-0.2, 0) is 4.79 Å². The van der Waals surface area contributed by atoms with Crippen molar-refractivity contribution in [3.05, 3.63) is 29.6 Å². The van der Waals surface area contributed by atoms with Gasteiger partial charge in [0.1, 0.15) is 0 Å².